The van der Waals surface area contributed by atoms with Gasteiger partial charge in [-0.15, -0.1) is 0 Å². The van der Waals surface area contributed by atoms with Crippen molar-refractivity contribution in [3.63, 3.8) is 0 Å². The van der Waals surface area contributed by atoms with Gasteiger partial charge in [0, 0.05) is 5.56 Å². The number of anilines is 1. The van der Waals surface area contributed by atoms with E-state index < -0.39 is 29.0 Å². The van der Waals surface area contributed by atoms with Crippen molar-refractivity contribution in [3.8, 4) is 0 Å². The largest absolute Gasteiger partial charge is 0.319 e. The van der Waals surface area contributed by atoms with Crippen LogP contribution in [-0.2, 0) is 0 Å². The molecule has 2 nitrogen and oxygen atoms in total. The number of hydrogen-bond acceptors (Lipinski definition) is 1. The molecule has 1 N–H and O–H groups in total. The van der Waals surface area contributed by atoms with E-state index in [4.69, 9.17) is 0 Å². The van der Waals surface area contributed by atoms with E-state index in [1.807, 2.05) is 6.92 Å². The molecule has 0 aromatic heterocycles. The number of rotatable bonds is 2. The lowest BCUT2D eigenvalue weighted by molar-refractivity contribution is 0.102. The number of nitrogens with one attached hydrogen (secondary N) is 1. The predicted molar refractivity (Wildman–Crippen MR) is 70.2 cm³/mol. The summed E-state index contributed by atoms with van der Waals surface area (Å²) in [5, 5.41) is 2.23. The van der Waals surface area contributed by atoms with Crippen LogP contribution in [0, 0.1) is 31.3 Å². The summed E-state index contributed by atoms with van der Waals surface area (Å²) in [5.41, 5.74) is 1.65. The van der Waals surface area contributed by atoms with Crippen molar-refractivity contribution >= 4 is 11.6 Å². The van der Waals surface area contributed by atoms with Gasteiger partial charge >= 0.3 is 0 Å². The Labute approximate surface area is 114 Å². The third kappa shape index (κ3) is 2.66. The van der Waals surface area contributed by atoms with Crippen LogP contribution in [-0.4, -0.2) is 5.91 Å². The van der Waals surface area contributed by atoms with Crippen LogP contribution in [0.15, 0.2) is 30.3 Å². The summed E-state index contributed by atoms with van der Waals surface area (Å²) < 4.78 is 39.3. The van der Waals surface area contributed by atoms with Crippen LogP contribution in [0.2, 0.25) is 0 Å². The lowest BCUT2D eigenvalue weighted by Crippen LogP contribution is -2.15. The Hall–Kier alpha value is -2.30. The van der Waals surface area contributed by atoms with Gasteiger partial charge in [0.15, 0.2) is 17.5 Å². The number of carbonyl (C=O) groups is 1. The molecule has 104 valence electrons. The van der Waals surface area contributed by atoms with Crippen LogP contribution in [0.4, 0.5) is 18.9 Å². The minimum atomic E-state index is -1.61. The quantitative estimate of drug-likeness (QED) is 0.828. The minimum absolute atomic E-state index is 0.347. The highest BCUT2D eigenvalue weighted by molar-refractivity contribution is 6.05. The van der Waals surface area contributed by atoms with E-state index in [0.29, 0.717) is 11.1 Å². The van der Waals surface area contributed by atoms with Gasteiger partial charge in [0.25, 0.3) is 5.91 Å². The van der Waals surface area contributed by atoms with Gasteiger partial charge in [-0.05, 0) is 37.6 Å². The lowest BCUT2D eigenvalue weighted by atomic mass is 10.1. The van der Waals surface area contributed by atoms with Crippen LogP contribution in [0.1, 0.15) is 21.5 Å². The first-order valence-electron chi connectivity index (χ1n) is 5.92. The Kier molecular flexibility index (Phi) is 3.79. The van der Waals surface area contributed by atoms with Crippen LogP contribution in [0.3, 0.4) is 0 Å². The number of halogens is 3. The highest BCUT2D eigenvalue weighted by Crippen LogP contribution is 2.21. The molecule has 0 saturated heterocycles. The molecule has 20 heavy (non-hydrogen) atoms. The van der Waals surface area contributed by atoms with Gasteiger partial charge in [0.05, 0.1) is 5.69 Å². The first-order chi connectivity index (χ1) is 9.40. The van der Waals surface area contributed by atoms with Crippen LogP contribution >= 0.6 is 0 Å². The number of hydrogen-bond donors (Lipinski definition) is 1. The normalized spacial score (nSPS) is 10.4. The molecule has 2 aromatic carbocycles. The van der Waals surface area contributed by atoms with Crippen LogP contribution < -0.4 is 5.32 Å². The second-order valence-corrected chi connectivity index (χ2v) is 4.50. The Balaban J connectivity index is 2.30. The molecule has 0 fully saturated rings. The Bertz CT molecular complexity index is 683. The van der Waals surface area contributed by atoms with Gasteiger partial charge in [-0.25, -0.2) is 13.2 Å². The van der Waals surface area contributed by atoms with Gasteiger partial charge < -0.3 is 5.32 Å². The van der Waals surface area contributed by atoms with E-state index in [0.717, 1.165) is 17.7 Å². The molecule has 0 aliphatic carbocycles. The van der Waals surface area contributed by atoms with Gasteiger partial charge in [0.2, 0.25) is 0 Å². The fourth-order valence-corrected chi connectivity index (χ4v) is 1.88. The van der Waals surface area contributed by atoms with Crippen LogP contribution in [0.25, 0.3) is 0 Å². The maximum atomic E-state index is 13.5. The van der Waals surface area contributed by atoms with Crippen molar-refractivity contribution in [2.45, 2.75) is 13.8 Å². The molecule has 0 heterocycles. The summed E-state index contributed by atoms with van der Waals surface area (Å²) in [5.74, 6) is -4.90. The number of benzene rings is 2. The monoisotopic (exact) mass is 279 g/mol. The summed E-state index contributed by atoms with van der Waals surface area (Å²) in [6.07, 6.45) is 0. The van der Waals surface area contributed by atoms with Gasteiger partial charge in [-0.3, -0.25) is 4.79 Å². The summed E-state index contributed by atoms with van der Waals surface area (Å²) in [4.78, 5) is 12.0. The molecule has 0 aliphatic rings. The Morgan fingerprint density at radius 1 is 1.00 bits per heavy atom. The third-order valence-electron chi connectivity index (χ3n) is 2.91. The molecule has 0 aliphatic heterocycles. The summed E-state index contributed by atoms with van der Waals surface area (Å²) in [6.45, 7) is 3.62. The number of carbonyl (C=O) groups excluding carboxylic acids is 1. The molecule has 2 rings (SSSR count). The maximum Gasteiger partial charge on any atom is 0.256 e. The van der Waals surface area contributed by atoms with Crippen LogP contribution in [0.5, 0.6) is 0 Å². The van der Waals surface area contributed by atoms with E-state index in [9.17, 15) is 18.0 Å². The smallest absolute Gasteiger partial charge is 0.256 e. The summed E-state index contributed by atoms with van der Waals surface area (Å²) in [7, 11) is 0. The molecule has 0 spiro atoms. The number of amides is 1. The highest BCUT2D eigenvalue weighted by Gasteiger charge is 2.16. The topological polar surface area (TPSA) is 29.1 Å². The van der Waals surface area contributed by atoms with E-state index in [-0.39, 0.29) is 0 Å². The molecule has 2 aromatic rings. The molecule has 0 atom stereocenters. The van der Waals surface area contributed by atoms with Crippen molar-refractivity contribution in [1.29, 1.82) is 0 Å². The highest BCUT2D eigenvalue weighted by atomic mass is 19.2. The zero-order valence-corrected chi connectivity index (χ0v) is 10.9. The third-order valence-corrected chi connectivity index (χ3v) is 2.91. The predicted octanol–water partition coefficient (Wildman–Crippen LogP) is 3.97. The fourth-order valence-electron chi connectivity index (χ4n) is 1.88. The van der Waals surface area contributed by atoms with Gasteiger partial charge in [0.1, 0.15) is 0 Å². The maximum absolute atomic E-state index is 13.5. The second kappa shape index (κ2) is 5.36. The fraction of sp³-hybridized carbons (Fsp3) is 0.133. The zero-order valence-electron chi connectivity index (χ0n) is 10.9. The zero-order chi connectivity index (χ0) is 14.9. The first-order valence-corrected chi connectivity index (χ1v) is 5.92. The van der Waals surface area contributed by atoms with E-state index in [1.54, 1.807) is 25.1 Å². The van der Waals surface area contributed by atoms with E-state index in [1.165, 1.54) is 0 Å². The van der Waals surface area contributed by atoms with Crippen molar-refractivity contribution in [2.75, 3.05) is 5.32 Å². The van der Waals surface area contributed by atoms with Crippen molar-refractivity contribution < 1.29 is 18.0 Å². The van der Waals surface area contributed by atoms with Crippen molar-refractivity contribution in [3.05, 3.63) is 64.5 Å². The van der Waals surface area contributed by atoms with Gasteiger partial charge in [-0.1, -0.05) is 17.7 Å². The molecule has 0 unspecified atom stereocenters. The average Bonchev–Trinajstić information content (AvgIpc) is 2.39. The standard InChI is InChI=1S/C15H12F3NO/c1-8-3-4-10(9(2)7-8)15(20)19-12-6-5-11(16)13(17)14(12)18/h3-7H,1-2H3,(H,19,20). The van der Waals surface area contributed by atoms with Crippen molar-refractivity contribution in [1.82, 2.24) is 0 Å². The minimum Gasteiger partial charge on any atom is -0.319 e. The van der Waals surface area contributed by atoms with Crippen molar-refractivity contribution in [2.24, 2.45) is 0 Å². The second-order valence-electron chi connectivity index (χ2n) is 4.50. The molecular formula is C15H12F3NO. The summed E-state index contributed by atoms with van der Waals surface area (Å²) in [6, 6.07) is 6.88. The molecular weight excluding hydrogens is 267 g/mol. The van der Waals surface area contributed by atoms with E-state index >= 15 is 0 Å². The number of aryl methyl sites for hydroxylation is 2. The van der Waals surface area contributed by atoms with E-state index in [2.05, 4.69) is 5.32 Å². The SMILES string of the molecule is Cc1ccc(C(=O)Nc2ccc(F)c(F)c2F)c(C)c1. The Morgan fingerprint density at radius 3 is 2.35 bits per heavy atom. The molecule has 1 amide bonds. The summed E-state index contributed by atoms with van der Waals surface area (Å²) >= 11 is 0. The average molecular weight is 279 g/mol. The lowest BCUT2D eigenvalue weighted by Gasteiger charge is -2.09. The Morgan fingerprint density at radius 2 is 1.70 bits per heavy atom. The molecule has 0 saturated carbocycles. The molecule has 0 radical (unpaired) electrons. The molecule has 5 heteroatoms. The van der Waals surface area contributed by atoms with Gasteiger partial charge in [-0.2, -0.15) is 0 Å². The first kappa shape index (κ1) is 14.1. The molecule has 0 bridgehead atoms.